The summed E-state index contributed by atoms with van der Waals surface area (Å²) in [6.07, 6.45) is 0.421. The fourth-order valence-corrected chi connectivity index (χ4v) is 3.33. The molecule has 0 spiro atoms. The van der Waals surface area contributed by atoms with E-state index in [0.717, 1.165) is 12.5 Å². The lowest BCUT2D eigenvalue weighted by Gasteiger charge is -2.21. The Morgan fingerprint density at radius 1 is 1.46 bits per heavy atom. The van der Waals surface area contributed by atoms with E-state index in [0.29, 0.717) is 36.6 Å². The lowest BCUT2D eigenvalue weighted by Crippen LogP contribution is -2.40. The number of hydrogen-bond acceptors (Lipinski definition) is 3. The van der Waals surface area contributed by atoms with Crippen LogP contribution in [0.15, 0.2) is 23.2 Å². The van der Waals surface area contributed by atoms with Crippen LogP contribution in [0, 0.1) is 17.7 Å². The molecule has 2 unspecified atom stereocenters. The first-order chi connectivity index (χ1) is 12.0. The van der Waals surface area contributed by atoms with E-state index < -0.39 is 0 Å². The van der Waals surface area contributed by atoms with Gasteiger partial charge in [-0.2, -0.15) is 0 Å². The van der Waals surface area contributed by atoms with Gasteiger partial charge in [0.15, 0.2) is 5.96 Å². The molecule has 0 saturated carbocycles. The van der Waals surface area contributed by atoms with E-state index in [4.69, 9.17) is 16.3 Å². The molecule has 0 aromatic heterocycles. The van der Waals surface area contributed by atoms with Crippen molar-refractivity contribution in [2.24, 2.45) is 16.8 Å². The van der Waals surface area contributed by atoms with E-state index in [1.807, 2.05) is 13.8 Å². The molecule has 1 aromatic carbocycles. The average molecular weight is 498 g/mol. The molecule has 1 aromatic rings. The standard InChI is InChI=1S/C18H25ClFN3O2.HI/c1-4-21-18(23-10-12(2)14(11-23)17(24)25-3)22-9-8-13-15(19)6-5-7-16(13)20;/h5-7,12,14H,4,8-11H2,1-3H3,(H,21,22);1H. The third kappa shape index (κ3) is 5.70. The number of nitrogens with zero attached hydrogens (tertiary/aromatic N) is 2. The van der Waals surface area contributed by atoms with Crippen LogP contribution < -0.4 is 5.32 Å². The maximum Gasteiger partial charge on any atom is 0.310 e. The van der Waals surface area contributed by atoms with Gasteiger partial charge in [-0.1, -0.05) is 24.6 Å². The van der Waals surface area contributed by atoms with Gasteiger partial charge in [-0.05, 0) is 31.4 Å². The highest BCUT2D eigenvalue weighted by Crippen LogP contribution is 2.24. The molecule has 8 heteroatoms. The number of methoxy groups -OCH3 is 1. The topological polar surface area (TPSA) is 53.9 Å². The summed E-state index contributed by atoms with van der Waals surface area (Å²) >= 11 is 6.06. The Balaban J connectivity index is 0.00000338. The van der Waals surface area contributed by atoms with Crippen molar-refractivity contribution < 1.29 is 13.9 Å². The number of aliphatic imine (C=N–C) groups is 1. The van der Waals surface area contributed by atoms with Gasteiger partial charge in [0.2, 0.25) is 0 Å². The van der Waals surface area contributed by atoms with Crippen LogP contribution in [-0.2, 0) is 16.0 Å². The fourth-order valence-electron chi connectivity index (χ4n) is 3.07. The monoisotopic (exact) mass is 497 g/mol. The average Bonchev–Trinajstić information content (AvgIpc) is 2.97. The summed E-state index contributed by atoms with van der Waals surface area (Å²) in [5.41, 5.74) is 0.478. The SMILES string of the molecule is CCNC(=NCCc1c(F)cccc1Cl)N1CC(C)C(C(=O)OC)C1.I. The molecule has 0 aliphatic carbocycles. The molecule has 1 aliphatic heterocycles. The molecule has 2 atom stereocenters. The van der Waals surface area contributed by atoms with Gasteiger partial charge in [0.05, 0.1) is 13.0 Å². The van der Waals surface area contributed by atoms with Gasteiger partial charge in [-0.3, -0.25) is 9.79 Å². The van der Waals surface area contributed by atoms with Crippen LogP contribution in [0.2, 0.25) is 5.02 Å². The zero-order chi connectivity index (χ0) is 18.4. The van der Waals surface area contributed by atoms with Crippen molar-refractivity contribution in [3.05, 3.63) is 34.6 Å². The van der Waals surface area contributed by atoms with Crippen LogP contribution in [0.25, 0.3) is 0 Å². The van der Waals surface area contributed by atoms with Gasteiger partial charge < -0.3 is 15.0 Å². The number of nitrogens with one attached hydrogen (secondary N) is 1. The molecule has 1 heterocycles. The van der Waals surface area contributed by atoms with E-state index in [2.05, 4.69) is 15.2 Å². The number of guanidine groups is 1. The van der Waals surface area contributed by atoms with E-state index in [1.165, 1.54) is 13.2 Å². The zero-order valence-corrected chi connectivity index (χ0v) is 18.4. The number of halogens is 3. The lowest BCUT2D eigenvalue weighted by molar-refractivity contribution is -0.145. The van der Waals surface area contributed by atoms with Crippen molar-refractivity contribution in [2.45, 2.75) is 20.3 Å². The Bertz CT molecular complexity index is 625. The molecule has 1 N–H and O–H groups in total. The first-order valence-corrected chi connectivity index (χ1v) is 8.89. The van der Waals surface area contributed by atoms with Gasteiger partial charge in [0.1, 0.15) is 5.82 Å². The Hall–Kier alpha value is -1.09. The summed E-state index contributed by atoms with van der Waals surface area (Å²) in [5, 5.41) is 3.65. The molecular weight excluding hydrogens is 472 g/mol. The number of esters is 1. The van der Waals surface area contributed by atoms with Crippen molar-refractivity contribution in [3.8, 4) is 0 Å². The molecule has 1 fully saturated rings. The van der Waals surface area contributed by atoms with Gasteiger partial charge in [-0.25, -0.2) is 4.39 Å². The minimum atomic E-state index is -0.312. The largest absolute Gasteiger partial charge is 0.469 e. The summed E-state index contributed by atoms with van der Waals surface area (Å²) in [6.45, 7) is 6.45. The number of hydrogen-bond donors (Lipinski definition) is 1. The number of rotatable bonds is 5. The van der Waals surface area contributed by atoms with E-state index in [9.17, 15) is 9.18 Å². The van der Waals surface area contributed by atoms with E-state index >= 15 is 0 Å². The fraction of sp³-hybridized carbons (Fsp3) is 0.556. The second-order valence-corrected chi connectivity index (χ2v) is 6.60. The van der Waals surface area contributed by atoms with Crippen molar-refractivity contribution in [3.63, 3.8) is 0 Å². The molecule has 0 bridgehead atoms. The molecule has 5 nitrogen and oxygen atoms in total. The van der Waals surface area contributed by atoms with Gasteiger partial charge in [0.25, 0.3) is 0 Å². The highest BCUT2D eigenvalue weighted by atomic mass is 127. The summed E-state index contributed by atoms with van der Waals surface area (Å²) < 4.78 is 18.7. The normalized spacial score (nSPS) is 19.9. The number of likely N-dealkylation sites (tertiary alicyclic amines) is 1. The first kappa shape index (κ1) is 23.0. The zero-order valence-electron chi connectivity index (χ0n) is 15.3. The van der Waals surface area contributed by atoms with Crippen LogP contribution in [0.4, 0.5) is 4.39 Å². The number of carbonyl (C=O) groups is 1. The highest BCUT2D eigenvalue weighted by Gasteiger charge is 2.36. The molecule has 2 rings (SSSR count). The minimum Gasteiger partial charge on any atom is -0.469 e. The van der Waals surface area contributed by atoms with Gasteiger partial charge >= 0.3 is 5.97 Å². The molecule has 0 amide bonds. The van der Waals surface area contributed by atoms with Crippen LogP contribution >= 0.6 is 35.6 Å². The van der Waals surface area contributed by atoms with E-state index in [-0.39, 0.29) is 47.6 Å². The second kappa shape index (κ2) is 10.9. The summed E-state index contributed by atoms with van der Waals surface area (Å²) in [7, 11) is 1.41. The number of ether oxygens (including phenoxy) is 1. The molecule has 26 heavy (non-hydrogen) atoms. The van der Waals surface area contributed by atoms with Crippen LogP contribution in [-0.4, -0.2) is 50.1 Å². The van der Waals surface area contributed by atoms with Crippen LogP contribution in [0.3, 0.4) is 0 Å². The molecule has 146 valence electrons. The third-order valence-corrected chi connectivity index (χ3v) is 4.79. The molecule has 1 aliphatic rings. The maximum absolute atomic E-state index is 13.8. The number of carbonyl (C=O) groups excluding carboxylic acids is 1. The Labute approximate surface area is 176 Å². The van der Waals surface area contributed by atoms with E-state index in [1.54, 1.807) is 12.1 Å². The van der Waals surface area contributed by atoms with Crippen molar-refractivity contribution in [1.29, 1.82) is 0 Å². The van der Waals surface area contributed by atoms with Gasteiger partial charge in [-0.15, -0.1) is 24.0 Å². The summed E-state index contributed by atoms with van der Waals surface area (Å²) in [4.78, 5) is 18.5. The number of benzene rings is 1. The van der Waals surface area contributed by atoms with Crippen molar-refractivity contribution in [2.75, 3.05) is 33.3 Å². The van der Waals surface area contributed by atoms with Crippen molar-refractivity contribution in [1.82, 2.24) is 10.2 Å². The lowest BCUT2D eigenvalue weighted by atomic mass is 9.99. The van der Waals surface area contributed by atoms with Gasteiger partial charge in [0, 0.05) is 36.8 Å². The molecular formula is C18H26ClFIN3O2. The second-order valence-electron chi connectivity index (χ2n) is 6.20. The van der Waals surface area contributed by atoms with Crippen LogP contribution in [0.5, 0.6) is 0 Å². The molecule has 1 saturated heterocycles. The van der Waals surface area contributed by atoms with Crippen molar-refractivity contribution >= 4 is 47.5 Å². The Morgan fingerprint density at radius 3 is 2.81 bits per heavy atom. The van der Waals surface area contributed by atoms with Crippen LogP contribution in [0.1, 0.15) is 19.4 Å². The highest BCUT2D eigenvalue weighted by molar-refractivity contribution is 14.0. The Kier molecular flexibility index (Phi) is 9.63. The first-order valence-electron chi connectivity index (χ1n) is 8.51. The predicted octanol–water partition coefficient (Wildman–Crippen LogP) is 3.35. The molecule has 0 radical (unpaired) electrons. The third-order valence-electron chi connectivity index (χ3n) is 4.44. The summed E-state index contributed by atoms with van der Waals surface area (Å²) in [5.74, 6) is 0.262. The Morgan fingerprint density at radius 2 is 2.19 bits per heavy atom. The smallest absolute Gasteiger partial charge is 0.310 e. The predicted molar refractivity (Wildman–Crippen MR) is 113 cm³/mol. The maximum atomic E-state index is 13.8. The quantitative estimate of drug-likeness (QED) is 0.293. The minimum absolute atomic E-state index is 0. The summed E-state index contributed by atoms with van der Waals surface area (Å²) in [6, 6.07) is 4.67.